The summed E-state index contributed by atoms with van der Waals surface area (Å²) in [7, 11) is 0. The van der Waals surface area contributed by atoms with Crippen LogP contribution in [-0.2, 0) is 12.1 Å². The zero-order valence-electron chi connectivity index (χ0n) is 10.4. The van der Waals surface area contributed by atoms with Crippen molar-refractivity contribution < 1.29 is 5.11 Å². The standard InChI is InChI=1S/C13H16BrN3O/c1-10(2)13(18,7-17-9-15-8-16-17)11-3-5-12(14)6-4-11/h3-6,8-10,18H,7H2,1-2H3. The maximum Gasteiger partial charge on any atom is 0.137 e. The first-order chi connectivity index (χ1) is 8.52. The monoisotopic (exact) mass is 309 g/mol. The molecular formula is C13H16BrN3O. The van der Waals surface area contributed by atoms with Gasteiger partial charge in [-0.25, -0.2) is 9.67 Å². The molecule has 0 aliphatic heterocycles. The largest absolute Gasteiger partial charge is 0.383 e. The summed E-state index contributed by atoms with van der Waals surface area (Å²) in [6.45, 7) is 4.39. The molecule has 0 bridgehead atoms. The SMILES string of the molecule is CC(C)C(O)(Cn1cncn1)c1ccc(Br)cc1. The maximum atomic E-state index is 10.9. The van der Waals surface area contributed by atoms with Gasteiger partial charge in [0.15, 0.2) is 0 Å². The van der Waals surface area contributed by atoms with E-state index >= 15 is 0 Å². The van der Waals surface area contributed by atoms with Crippen molar-refractivity contribution in [2.75, 3.05) is 0 Å². The number of aliphatic hydroxyl groups is 1. The Bertz CT molecular complexity index is 495. The summed E-state index contributed by atoms with van der Waals surface area (Å²) in [5.41, 5.74) is -0.0646. The molecule has 0 amide bonds. The van der Waals surface area contributed by atoms with E-state index in [4.69, 9.17) is 0 Å². The number of hydrogen-bond acceptors (Lipinski definition) is 3. The summed E-state index contributed by atoms with van der Waals surface area (Å²) in [6.07, 6.45) is 3.09. The molecule has 2 aromatic rings. The van der Waals surface area contributed by atoms with Crippen LogP contribution in [-0.4, -0.2) is 19.9 Å². The van der Waals surface area contributed by atoms with Crippen LogP contribution in [0.5, 0.6) is 0 Å². The van der Waals surface area contributed by atoms with Gasteiger partial charge in [0.1, 0.15) is 18.3 Å². The van der Waals surface area contributed by atoms with Crippen molar-refractivity contribution >= 4 is 15.9 Å². The third-order valence-corrected chi connectivity index (χ3v) is 3.70. The van der Waals surface area contributed by atoms with Crippen molar-refractivity contribution in [2.24, 2.45) is 5.92 Å². The lowest BCUT2D eigenvalue weighted by atomic mass is 9.83. The Morgan fingerprint density at radius 2 is 2.00 bits per heavy atom. The van der Waals surface area contributed by atoms with Gasteiger partial charge in [0.2, 0.25) is 0 Å². The first-order valence-electron chi connectivity index (χ1n) is 5.83. The maximum absolute atomic E-state index is 10.9. The molecule has 0 aliphatic carbocycles. The Hall–Kier alpha value is -1.20. The molecule has 5 heteroatoms. The van der Waals surface area contributed by atoms with Crippen molar-refractivity contribution in [3.05, 3.63) is 47.0 Å². The van der Waals surface area contributed by atoms with Gasteiger partial charge in [0.05, 0.1) is 6.54 Å². The molecule has 1 unspecified atom stereocenters. The third kappa shape index (κ3) is 2.62. The Labute approximate surface area is 115 Å². The second-order valence-electron chi connectivity index (χ2n) is 4.68. The second kappa shape index (κ2) is 5.20. The highest BCUT2D eigenvalue weighted by molar-refractivity contribution is 9.10. The van der Waals surface area contributed by atoms with E-state index in [1.165, 1.54) is 6.33 Å². The summed E-state index contributed by atoms with van der Waals surface area (Å²) in [5, 5.41) is 15.0. The molecule has 1 atom stereocenters. The molecule has 2 rings (SSSR count). The lowest BCUT2D eigenvalue weighted by Crippen LogP contribution is -2.37. The van der Waals surface area contributed by atoms with Crippen molar-refractivity contribution in [1.82, 2.24) is 14.8 Å². The molecule has 0 saturated heterocycles. The van der Waals surface area contributed by atoms with E-state index in [0.29, 0.717) is 6.54 Å². The molecule has 96 valence electrons. The van der Waals surface area contributed by atoms with Crippen LogP contribution in [0.4, 0.5) is 0 Å². The summed E-state index contributed by atoms with van der Waals surface area (Å²) in [5.74, 6) is 0.0721. The Morgan fingerprint density at radius 3 is 2.50 bits per heavy atom. The number of rotatable bonds is 4. The van der Waals surface area contributed by atoms with Gasteiger partial charge in [-0.3, -0.25) is 0 Å². The predicted octanol–water partition coefficient (Wildman–Crippen LogP) is 2.58. The van der Waals surface area contributed by atoms with Crippen LogP contribution in [0.15, 0.2) is 41.4 Å². The van der Waals surface area contributed by atoms with E-state index in [0.717, 1.165) is 10.0 Å². The first kappa shape index (κ1) is 13.2. The van der Waals surface area contributed by atoms with Crippen LogP contribution in [0.3, 0.4) is 0 Å². The number of benzene rings is 1. The molecule has 0 fully saturated rings. The van der Waals surface area contributed by atoms with Crippen LogP contribution in [0.2, 0.25) is 0 Å². The lowest BCUT2D eigenvalue weighted by Gasteiger charge is -2.32. The Balaban J connectivity index is 2.34. The molecule has 1 aromatic carbocycles. The summed E-state index contributed by atoms with van der Waals surface area (Å²) >= 11 is 3.40. The molecule has 18 heavy (non-hydrogen) atoms. The summed E-state index contributed by atoms with van der Waals surface area (Å²) in [4.78, 5) is 3.91. The smallest absolute Gasteiger partial charge is 0.137 e. The minimum atomic E-state index is -0.950. The molecule has 1 N–H and O–H groups in total. The van der Waals surface area contributed by atoms with E-state index in [2.05, 4.69) is 26.0 Å². The highest BCUT2D eigenvalue weighted by Gasteiger charge is 2.33. The molecule has 4 nitrogen and oxygen atoms in total. The van der Waals surface area contributed by atoms with Crippen molar-refractivity contribution in [3.63, 3.8) is 0 Å². The minimum absolute atomic E-state index is 0.0721. The number of hydrogen-bond donors (Lipinski definition) is 1. The molecular weight excluding hydrogens is 294 g/mol. The molecule has 0 radical (unpaired) electrons. The fraction of sp³-hybridized carbons (Fsp3) is 0.385. The van der Waals surface area contributed by atoms with Gasteiger partial charge >= 0.3 is 0 Å². The van der Waals surface area contributed by atoms with Gasteiger partial charge in [0, 0.05) is 4.47 Å². The van der Waals surface area contributed by atoms with Gasteiger partial charge in [-0.2, -0.15) is 5.10 Å². The van der Waals surface area contributed by atoms with Gasteiger partial charge in [-0.05, 0) is 23.6 Å². The molecule has 0 saturated carbocycles. The van der Waals surface area contributed by atoms with Crippen LogP contribution < -0.4 is 0 Å². The van der Waals surface area contributed by atoms with Crippen LogP contribution in [0, 0.1) is 5.92 Å². The molecule has 0 aliphatic rings. The highest BCUT2D eigenvalue weighted by atomic mass is 79.9. The lowest BCUT2D eigenvalue weighted by molar-refractivity contribution is -0.0295. The summed E-state index contributed by atoms with van der Waals surface area (Å²) < 4.78 is 2.65. The third-order valence-electron chi connectivity index (χ3n) is 3.17. The van der Waals surface area contributed by atoms with E-state index in [1.54, 1.807) is 11.0 Å². The number of halogens is 1. The van der Waals surface area contributed by atoms with Crippen molar-refractivity contribution in [3.8, 4) is 0 Å². The normalized spacial score (nSPS) is 14.7. The van der Waals surface area contributed by atoms with E-state index < -0.39 is 5.60 Å². The van der Waals surface area contributed by atoms with Gasteiger partial charge in [-0.15, -0.1) is 0 Å². The predicted molar refractivity (Wildman–Crippen MR) is 72.9 cm³/mol. The molecule has 0 spiro atoms. The van der Waals surface area contributed by atoms with Gasteiger partial charge < -0.3 is 5.11 Å². The van der Waals surface area contributed by atoms with Crippen molar-refractivity contribution in [2.45, 2.75) is 26.0 Å². The average molecular weight is 310 g/mol. The average Bonchev–Trinajstić information content (AvgIpc) is 2.82. The quantitative estimate of drug-likeness (QED) is 0.944. The fourth-order valence-corrected chi connectivity index (χ4v) is 2.17. The highest BCUT2D eigenvalue weighted by Crippen LogP contribution is 2.31. The van der Waals surface area contributed by atoms with Gasteiger partial charge in [-0.1, -0.05) is 41.9 Å². The minimum Gasteiger partial charge on any atom is -0.383 e. The molecule has 1 aromatic heterocycles. The van der Waals surface area contributed by atoms with E-state index in [1.807, 2.05) is 38.1 Å². The van der Waals surface area contributed by atoms with Crippen molar-refractivity contribution in [1.29, 1.82) is 0 Å². The summed E-state index contributed by atoms with van der Waals surface area (Å²) in [6, 6.07) is 7.73. The van der Waals surface area contributed by atoms with E-state index in [-0.39, 0.29) is 5.92 Å². The topological polar surface area (TPSA) is 50.9 Å². The zero-order chi connectivity index (χ0) is 13.2. The zero-order valence-corrected chi connectivity index (χ0v) is 12.0. The number of aromatic nitrogens is 3. The second-order valence-corrected chi connectivity index (χ2v) is 5.59. The van der Waals surface area contributed by atoms with Crippen LogP contribution in [0.25, 0.3) is 0 Å². The van der Waals surface area contributed by atoms with Crippen LogP contribution >= 0.6 is 15.9 Å². The van der Waals surface area contributed by atoms with E-state index in [9.17, 15) is 5.11 Å². The molecule has 1 heterocycles. The Kier molecular flexibility index (Phi) is 3.82. The van der Waals surface area contributed by atoms with Crippen LogP contribution in [0.1, 0.15) is 19.4 Å². The number of nitrogens with zero attached hydrogens (tertiary/aromatic N) is 3. The Morgan fingerprint density at radius 1 is 1.33 bits per heavy atom. The first-order valence-corrected chi connectivity index (χ1v) is 6.62. The fourth-order valence-electron chi connectivity index (χ4n) is 1.91. The van der Waals surface area contributed by atoms with Gasteiger partial charge in [0.25, 0.3) is 0 Å².